The highest BCUT2D eigenvalue weighted by molar-refractivity contribution is 7.86. The van der Waals surface area contributed by atoms with Crippen LogP contribution in [-0.2, 0) is 30.4 Å². The number of nitro groups is 1. The summed E-state index contributed by atoms with van der Waals surface area (Å²) in [6.45, 7) is 0. The van der Waals surface area contributed by atoms with Crippen LogP contribution in [0.1, 0.15) is 10.4 Å². The van der Waals surface area contributed by atoms with Gasteiger partial charge >= 0.3 is 0 Å². The summed E-state index contributed by atoms with van der Waals surface area (Å²) < 4.78 is 97.5. The van der Waals surface area contributed by atoms with Gasteiger partial charge in [-0.15, -0.1) is 0 Å². The van der Waals surface area contributed by atoms with E-state index in [1.807, 2.05) is 0 Å². The Morgan fingerprint density at radius 2 is 1.38 bits per heavy atom. The number of nitrogens with one attached hydrogen (secondary N) is 1. The summed E-state index contributed by atoms with van der Waals surface area (Å²) in [7, 11) is -14.7. The molecule has 4 N–H and O–H groups in total. The van der Waals surface area contributed by atoms with E-state index in [2.05, 4.69) is 5.32 Å². The molecule has 0 aliphatic heterocycles. The molecule has 14 nitrogen and oxygen atoms in total. The molecule has 0 heterocycles. The molecule has 34 heavy (non-hydrogen) atoms. The van der Waals surface area contributed by atoms with Crippen molar-refractivity contribution in [1.29, 1.82) is 0 Å². The van der Waals surface area contributed by atoms with Crippen molar-refractivity contribution in [3.05, 3.63) is 64.2 Å². The second kappa shape index (κ2) is 8.38. The van der Waals surface area contributed by atoms with E-state index in [9.17, 15) is 53.8 Å². The van der Waals surface area contributed by atoms with E-state index in [-0.39, 0.29) is 16.5 Å². The van der Waals surface area contributed by atoms with Gasteiger partial charge in [-0.3, -0.25) is 28.6 Å². The molecule has 3 rings (SSSR count). The lowest BCUT2D eigenvalue weighted by Crippen LogP contribution is -2.17. The summed E-state index contributed by atoms with van der Waals surface area (Å²) in [6, 6.07) is 6.46. The molecule has 0 unspecified atom stereocenters. The van der Waals surface area contributed by atoms with E-state index in [1.165, 1.54) is 0 Å². The maximum atomic E-state index is 12.8. The number of fused-ring (bicyclic) bond motifs is 1. The number of nitrogens with zero attached hydrogens (tertiary/aromatic N) is 1. The molecule has 17 heteroatoms. The third-order valence-corrected chi connectivity index (χ3v) is 7.01. The number of nitro benzene ring substituents is 1. The smallest absolute Gasteiger partial charge is 0.295 e. The monoisotopic (exact) mass is 532 g/mol. The van der Waals surface area contributed by atoms with Gasteiger partial charge < -0.3 is 5.32 Å². The zero-order valence-corrected chi connectivity index (χ0v) is 18.8. The standard InChI is InChI=1S/C17H12N2O12S3/c20-17(14-3-1-10(19(21)22)7-16(14)34(29,30)31)18-15-8-12(33(26,27)28)6-9-5-11(32(23,24)25)2-4-13(9)15/h1-8H,(H,18,20)(H,23,24,25)(H,26,27,28)(H,29,30,31). The summed E-state index contributed by atoms with van der Waals surface area (Å²) in [5, 5.41) is 12.9. The Kier molecular flexibility index (Phi) is 6.20. The van der Waals surface area contributed by atoms with Gasteiger partial charge in [-0.1, -0.05) is 6.07 Å². The average molecular weight is 532 g/mol. The number of anilines is 1. The maximum absolute atomic E-state index is 12.8. The van der Waals surface area contributed by atoms with Crippen LogP contribution >= 0.6 is 0 Å². The summed E-state index contributed by atoms with van der Waals surface area (Å²) in [5.41, 5.74) is -1.84. The number of carbonyl (C=O) groups is 1. The molecule has 0 bridgehead atoms. The van der Waals surface area contributed by atoms with Crippen molar-refractivity contribution in [3.63, 3.8) is 0 Å². The minimum atomic E-state index is -5.12. The van der Waals surface area contributed by atoms with Gasteiger partial charge in [0.25, 0.3) is 41.9 Å². The molecule has 3 aromatic carbocycles. The van der Waals surface area contributed by atoms with Crippen LogP contribution in [-0.4, -0.2) is 49.7 Å². The Morgan fingerprint density at radius 1 is 0.794 bits per heavy atom. The van der Waals surface area contributed by atoms with Crippen molar-refractivity contribution in [1.82, 2.24) is 0 Å². The first kappa shape index (κ1) is 25.1. The van der Waals surface area contributed by atoms with Crippen molar-refractivity contribution in [2.75, 3.05) is 5.32 Å². The Hall–Kier alpha value is -3.48. The fraction of sp³-hybridized carbons (Fsp3) is 0. The van der Waals surface area contributed by atoms with E-state index in [0.717, 1.165) is 42.5 Å². The van der Waals surface area contributed by atoms with Crippen LogP contribution in [0.5, 0.6) is 0 Å². The lowest BCUT2D eigenvalue weighted by molar-refractivity contribution is -0.385. The van der Waals surface area contributed by atoms with Crippen molar-refractivity contribution in [2.24, 2.45) is 0 Å². The van der Waals surface area contributed by atoms with E-state index in [0.29, 0.717) is 6.07 Å². The number of non-ortho nitro benzene ring substituents is 1. The molecule has 180 valence electrons. The molecule has 1 amide bonds. The highest BCUT2D eigenvalue weighted by Crippen LogP contribution is 2.31. The summed E-state index contributed by atoms with van der Waals surface area (Å²) in [4.78, 5) is 20.2. The van der Waals surface area contributed by atoms with Crippen molar-refractivity contribution in [2.45, 2.75) is 14.7 Å². The molecule has 0 saturated heterocycles. The minimum absolute atomic E-state index is 0.00321. The predicted molar refractivity (Wildman–Crippen MR) is 114 cm³/mol. The fourth-order valence-corrected chi connectivity index (χ4v) is 4.72. The number of rotatable bonds is 6. The van der Waals surface area contributed by atoms with Gasteiger partial charge in [0.05, 0.1) is 26.0 Å². The maximum Gasteiger partial charge on any atom is 0.295 e. The highest BCUT2D eigenvalue weighted by Gasteiger charge is 2.25. The SMILES string of the molecule is O=C(Nc1cc(S(=O)(=O)O)cc2cc(S(=O)(=O)O)ccc12)c1ccc([N+](=O)[O-])cc1S(=O)(=O)O. The minimum Gasteiger partial charge on any atom is -0.321 e. The van der Waals surface area contributed by atoms with Crippen LogP contribution in [0.2, 0.25) is 0 Å². The lowest BCUT2D eigenvalue weighted by Gasteiger charge is -2.13. The second-order valence-electron chi connectivity index (χ2n) is 6.67. The van der Waals surface area contributed by atoms with Gasteiger partial charge in [-0.05, 0) is 35.7 Å². The van der Waals surface area contributed by atoms with Crippen LogP contribution in [0.15, 0.2) is 63.2 Å². The van der Waals surface area contributed by atoms with Crippen LogP contribution in [0.25, 0.3) is 10.8 Å². The topological polar surface area (TPSA) is 235 Å². The molecule has 0 aliphatic rings. The van der Waals surface area contributed by atoms with Gasteiger partial charge in [-0.25, -0.2) is 0 Å². The van der Waals surface area contributed by atoms with Crippen LogP contribution in [0.3, 0.4) is 0 Å². The molecular formula is C17H12N2O12S3. The average Bonchev–Trinajstić information content (AvgIpc) is 2.70. The van der Waals surface area contributed by atoms with Gasteiger partial charge in [-0.2, -0.15) is 25.3 Å². The van der Waals surface area contributed by atoms with Crippen LogP contribution in [0, 0.1) is 10.1 Å². The Balaban J connectivity index is 2.22. The van der Waals surface area contributed by atoms with Crippen molar-refractivity contribution < 1.29 is 48.6 Å². The number of hydrogen-bond donors (Lipinski definition) is 4. The number of benzene rings is 3. The van der Waals surface area contributed by atoms with Gasteiger partial charge in [0, 0.05) is 17.5 Å². The molecular weight excluding hydrogens is 520 g/mol. The second-order valence-corrected chi connectivity index (χ2v) is 10.9. The number of amides is 1. The largest absolute Gasteiger partial charge is 0.321 e. The van der Waals surface area contributed by atoms with E-state index < -0.39 is 67.1 Å². The molecule has 0 saturated carbocycles. The van der Waals surface area contributed by atoms with E-state index in [1.54, 1.807) is 0 Å². The summed E-state index contributed by atoms with van der Waals surface area (Å²) in [5.74, 6) is -1.25. The molecule has 0 aromatic heterocycles. The molecule has 0 aliphatic carbocycles. The Bertz CT molecular complexity index is 1690. The Labute approximate surface area is 191 Å². The van der Waals surface area contributed by atoms with Gasteiger partial charge in [0.2, 0.25) is 0 Å². The normalized spacial score (nSPS) is 12.4. The Morgan fingerprint density at radius 3 is 1.91 bits per heavy atom. The summed E-state index contributed by atoms with van der Waals surface area (Å²) in [6.07, 6.45) is 0. The van der Waals surface area contributed by atoms with E-state index in [4.69, 9.17) is 0 Å². The van der Waals surface area contributed by atoms with Crippen molar-refractivity contribution >= 4 is 58.4 Å². The first-order valence-electron chi connectivity index (χ1n) is 8.58. The molecule has 0 atom stereocenters. The zero-order valence-electron chi connectivity index (χ0n) is 16.3. The lowest BCUT2D eigenvalue weighted by atomic mass is 10.1. The molecule has 0 fully saturated rings. The third kappa shape index (κ3) is 5.19. The summed E-state index contributed by atoms with van der Waals surface area (Å²) >= 11 is 0. The van der Waals surface area contributed by atoms with Crippen LogP contribution in [0.4, 0.5) is 11.4 Å². The number of carbonyl (C=O) groups excluding carboxylic acids is 1. The zero-order chi connectivity index (χ0) is 25.6. The van der Waals surface area contributed by atoms with Gasteiger partial charge in [0.15, 0.2) is 0 Å². The van der Waals surface area contributed by atoms with Crippen molar-refractivity contribution in [3.8, 4) is 0 Å². The predicted octanol–water partition coefficient (Wildman–Crippen LogP) is 1.74. The highest BCUT2D eigenvalue weighted by atomic mass is 32.2. The van der Waals surface area contributed by atoms with Gasteiger partial charge in [0.1, 0.15) is 4.90 Å². The molecule has 3 aromatic rings. The first-order valence-corrected chi connectivity index (χ1v) is 12.9. The van der Waals surface area contributed by atoms with Crippen LogP contribution < -0.4 is 5.32 Å². The molecule has 0 spiro atoms. The third-order valence-electron chi connectivity index (χ3n) is 4.44. The quantitative estimate of drug-likeness (QED) is 0.202. The first-order chi connectivity index (χ1) is 15.5. The van der Waals surface area contributed by atoms with E-state index >= 15 is 0 Å². The fourth-order valence-electron chi connectivity index (χ4n) is 2.95. The number of hydrogen-bond acceptors (Lipinski definition) is 9. The molecule has 0 radical (unpaired) electrons.